The third-order valence-electron chi connectivity index (χ3n) is 3.81. The van der Waals surface area contributed by atoms with Crippen LogP contribution >= 0.6 is 11.6 Å². The van der Waals surface area contributed by atoms with Gasteiger partial charge in [0.1, 0.15) is 5.82 Å². The summed E-state index contributed by atoms with van der Waals surface area (Å²) in [5.74, 6) is 2.32. The van der Waals surface area contributed by atoms with Crippen LogP contribution in [0.25, 0.3) is 11.0 Å². The van der Waals surface area contributed by atoms with Crippen LogP contribution in [-0.2, 0) is 13.0 Å². The topological polar surface area (TPSA) is 59.2 Å². The molecule has 0 aliphatic heterocycles. The highest BCUT2D eigenvalue weighted by molar-refractivity contribution is 6.30. The molecule has 5 nitrogen and oxygen atoms in total. The van der Waals surface area contributed by atoms with Crippen molar-refractivity contribution in [3.8, 4) is 11.5 Å². The SMILES string of the molecule is COc1cc(Cl)cc(CNCCc2nc3ccccc3[nH]2)c1OC. The molecule has 0 saturated carbocycles. The Morgan fingerprint density at radius 2 is 2.00 bits per heavy atom. The first-order valence-electron chi connectivity index (χ1n) is 7.76. The number of aromatic amines is 1. The number of H-pyrrole nitrogens is 1. The molecular weight excluding hydrogens is 326 g/mol. The number of imidazole rings is 1. The number of halogens is 1. The molecule has 3 aromatic rings. The van der Waals surface area contributed by atoms with E-state index in [9.17, 15) is 0 Å². The van der Waals surface area contributed by atoms with E-state index in [4.69, 9.17) is 21.1 Å². The van der Waals surface area contributed by atoms with Gasteiger partial charge in [-0.05, 0) is 18.2 Å². The van der Waals surface area contributed by atoms with Crippen LogP contribution in [0.3, 0.4) is 0 Å². The van der Waals surface area contributed by atoms with Crippen LogP contribution < -0.4 is 14.8 Å². The van der Waals surface area contributed by atoms with Gasteiger partial charge in [0.15, 0.2) is 11.5 Å². The van der Waals surface area contributed by atoms with Crippen LogP contribution in [0.15, 0.2) is 36.4 Å². The van der Waals surface area contributed by atoms with Crippen molar-refractivity contribution in [3.63, 3.8) is 0 Å². The van der Waals surface area contributed by atoms with Crippen molar-refractivity contribution in [2.45, 2.75) is 13.0 Å². The molecule has 6 heteroatoms. The summed E-state index contributed by atoms with van der Waals surface area (Å²) in [6.45, 7) is 1.43. The van der Waals surface area contributed by atoms with Gasteiger partial charge in [0, 0.05) is 36.2 Å². The summed E-state index contributed by atoms with van der Waals surface area (Å²) >= 11 is 6.13. The second-order valence-corrected chi connectivity index (χ2v) is 5.86. The molecule has 0 atom stereocenters. The molecule has 3 rings (SSSR count). The molecule has 1 heterocycles. The molecule has 126 valence electrons. The maximum Gasteiger partial charge on any atom is 0.165 e. The van der Waals surface area contributed by atoms with Crippen molar-refractivity contribution in [1.29, 1.82) is 0 Å². The van der Waals surface area contributed by atoms with Crippen LogP contribution in [0.2, 0.25) is 5.02 Å². The van der Waals surface area contributed by atoms with Gasteiger partial charge in [-0.25, -0.2) is 4.98 Å². The Labute approximate surface area is 146 Å². The molecule has 0 saturated heterocycles. The molecule has 2 aromatic carbocycles. The molecule has 0 aliphatic carbocycles. The molecule has 0 fully saturated rings. The first-order valence-corrected chi connectivity index (χ1v) is 8.14. The Balaban J connectivity index is 1.61. The standard InChI is InChI=1S/C18H20ClN3O2/c1-23-16-10-13(19)9-12(18(16)24-2)11-20-8-7-17-21-14-5-3-4-6-15(14)22-17/h3-6,9-10,20H,7-8,11H2,1-2H3,(H,21,22). The Morgan fingerprint density at radius 1 is 1.17 bits per heavy atom. The summed E-state index contributed by atoms with van der Waals surface area (Å²) in [5.41, 5.74) is 3.02. The van der Waals surface area contributed by atoms with E-state index in [0.29, 0.717) is 23.1 Å². The number of aromatic nitrogens is 2. The molecule has 2 N–H and O–H groups in total. The summed E-state index contributed by atoms with van der Waals surface area (Å²) in [5, 5.41) is 4.02. The van der Waals surface area contributed by atoms with Crippen LogP contribution in [0.4, 0.5) is 0 Å². The van der Waals surface area contributed by atoms with Crippen LogP contribution in [0, 0.1) is 0 Å². The second-order valence-electron chi connectivity index (χ2n) is 5.43. The molecule has 1 aromatic heterocycles. The number of methoxy groups -OCH3 is 2. The lowest BCUT2D eigenvalue weighted by atomic mass is 10.2. The maximum atomic E-state index is 6.13. The number of ether oxygens (including phenoxy) is 2. The van der Waals surface area contributed by atoms with Gasteiger partial charge >= 0.3 is 0 Å². The van der Waals surface area contributed by atoms with Gasteiger partial charge < -0.3 is 19.8 Å². The Kier molecular flexibility index (Phi) is 5.23. The first kappa shape index (κ1) is 16.6. The van der Waals surface area contributed by atoms with E-state index >= 15 is 0 Å². The molecule has 0 radical (unpaired) electrons. The molecule has 24 heavy (non-hydrogen) atoms. The van der Waals surface area contributed by atoms with Gasteiger partial charge in [0.05, 0.1) is 25.3 Å². The minimum absolute atomic E-state index is 0.627. The van der Waals surface area contributed by atoms with E-state index in [1.54, 1.807) is 20.3 Å². The van der Waals surface area contributed by atoms with E-state index in [2.05, 4.69) is 15.3 Å². The van der Waals surface area contributed by atoms with E-state index < -0.39 is 0 Å². The number of hydrogen-bond donors (Lipinski definition) is 2. The van der Waals surface area contributed by atoms with Crippen molar-refractivity contribution in [1.82, 2.24) is 15.3 Å². The summed E-state index contributed by atoms with van der Waals surface area (Å²) < 4.78 is 10.8. The molecule has 0 bridgehead atoms. The number of hydrogen-bond acceptors (Lipinski definition) is 4. The lowest BCUT2D eigenvalue weighted by Crippen LogP contribution is -2.17. The predicted octanol–water partition coefficient (Wildman–Crippen LogP) is 3.57. The van der Waals surface area contributed by atoms with Crippen molar-refractivity contribution in [2.75, 3.05) is 20.8 Å². The lowest BCUT2D eigenvalue weighted by molar-refractivity contribution is 0.350. The highest BCUT2D eigenvalue weighted by Crippen LogP contribution is 2.34. The largest absolute Gasteiger partial charge is 0.493 e. The fourth-order valence-corrected chi connectivity index (χ4v) is 2.92. The highest BCUT2D eigenvalue weighted by Gasteiger charge is 2.11. The minimum atomic E-state index is 0.627. The van der Waals surface area contributed by atoms with Crippen molar-refractivity contribution < 1.29 is 9.47 Å². The van der Waals surface area contributed by atoms with Crippen LogP contribution in [0.5, 0.6) is 11.5 Å². The number of nitrogens with one attached hydrogen (secondary N) is 2. The van der Waals surface area contributed by atoms with Gasteiger partial charge in [0.2, 0.25) is 0 Å². The summed E-state index contributed by atoms with van der Waals surface area (Å²) in [6, 6.07) is 11.7. The fraction of sp³-hybridized carbons (Fsp3) is 0.278. The van der Waals surface area contributed by atoms with E-state index in [0.717, 1.165) is 35.4 Å². The summed E-state index contributed by atoms with van der Waals surface area (Å²) in [7, 11) is 3.23. The molecular formula is C18H20ClN3O2. The zero-order valence-electron chi connectivity index (χ0n) is 13.7. The monoisotopic (exact) mass is 345 g/mol. The second kappa shape index (κ2) is 7.55. The fourth-order valence-electron chi connectivity index (χ4n) is 2.69. The average Bonchev–Trinajstić information content (AvgIpc) is 3.01. The average molecular weight is 346 g/mol. The predicted molar refractivity (Wildman–Crippen MR) is 96.1 cm³/mol. The molecule has 0 spiro atoms. The maximum absolute atomic E-state index is 6.13. The molecule has 0 unspecified atom stereocenters. The Bertz CT molecular complexity index is 799. The number of fused-ring (bicyclic) bond motifs is 1. The van der Waals surface area contributed by atoms with Gasteiger partial charge in [0.25, 0.3) is 0 Å². The van der Waals surface area contributed by atoms with Crippen LogP contribution in [-0.4, -0.2) is 30.7 Å². The summed E-state index contributed by atoms with van der Waals surface area (Å²) in [4.78, 5) is 7.90. The van der Waals surface area contributed by atoms with E-state index in [1.807, 2.05) is 30.3 Å². The van der Waals surface area contributed by atoms with Gasteiger partial charge in [-0.1, -0.05) is 23.7 Å². The van der Waals surface area contributed by atoms with Crippen LogP contribution in [0.1, 0.15) is 11.4 Å². The van der Waals surface area contributed by atoms with Gasteiger partial charge in [-0.2, -0.15) is 0 Å². The number of para-hydroxylation sites is 2. The number of benzene rings is 2. The van der Waals surface area contributed by atoms with Crippen molar-refractivity contribution >= 4 is 22.6 Å². The lowest BCUT2D eigenvalue weighted by Gasteiger charge is -2.14. The molecule has 0 aliphatic rings. The third-order valence-corrected chi connectivity index (χ3v) is 4.03. The van der Waals surface area contributed by atoms with Crippen molar-refractivity contribution in [2.24, 2.45) is 0 Å². The van der Waals surface area contributed by atoms with Gasteiger partial charge in [-0.15, -0.1) is 0 Å². The smallest absolute Gasteiger partial charge is 0.165 e. The minimum Gasteiger partial charge on any atom is -0.493 e. The van der Waals surface area contributed by atoms with Gasteiger partial charge in [-0.3, -0.25) is 0 Å². The Morgan fingerprint density at radius 3 is 2.75 bits per heavy atom. The summed E-state index contributed by atoms with van der Waals surface area (Å²) in [6.07, 6.45) is 0.814. The normalized spacial score (nSPS) is 11.0. The zero-order chi connectivity index (χ0) is 16.9. The van der Waals surface area contributed by atoms with Crippen molar-refractivity contribution in [3.05, 3.63) is 52.8 Å². The zero-order valence-corrected chi connectivity index (χ0v) is 14.5. The van der Waals surface area contributed by atoms with E-state index in [-0.39, 0.29) is 0 Å². The van der Waals surface area contributed by atoms with E-state index in [1.165, 1.54) is 0 Å². The molecule has 0 amide bonds. The number of nitrogens with zero attached hydrogens (tertiary/aromatic N) is 1. The first-order chi connectivity index (χ1) is 11.7. The third kappa shape index (κ3) is 3.63. The highest BCUT2D eigenvalue weighted by atomic mass is 35.5. The number of rotatable bonds is 7. The quantitative estimate of drug-likeness (QED) is 0.643. The Hall–Kier alpha value is -2.24.